The summed E-state index contributed by atoms with van der Waals surface area (Å²) in [5.41, 5.74) is 9.00. The third-order valence-corrected chi connectivity index (χ3v) is 3.16. The highest BCUT2D eigenvalue weighted by atomic mass is 16.5. The molecule has 2 N–H and O–H groups in total. The first-order chi connectivity index (χ1) is 10.5. The standard InChI is InChI=1S/C18H21NO3/c1-12(2)22-18(20)15-6-4-5-14(9-15)11-21-16-8-7-13(3)17(19)10-16/h4-10,12H,11,19H2,1-3H3. The molecule has 2 aromatic carbocycles. The first-order valence-electron chi connectivity index (χ1n) is 7.24. The Bertz CT molecular complexity index is 665. The predicted molar refractivity (Wildman–Crippen MR) is 86.9 cm³/mol. The third kappa shape index (κ3) is 4.25. The molecule has 0 heterocycles. The minimum atomic E-state index is -0.323. The summed E-state index contributed by atoms with van der Waals surface area (Å²) in [6.45, 7) is 5.97. The van der Waals surface area contributed by atoms with E-state index in [1.807, 2.05) is 45.0 Å². The SMILES string of the molecule is Cc1ccc(OCc2cccc(C(=O)OC(C)C)c2)cc1N. The number of carbonyl (C=O) groups excluding carboxylic acids is 1. The van der Waals surface area contributed by atoms with E-state index in [1.165, 1.54) is 0 Å². The van der Waals surface area contributed by atoms with Crippen molar-refractivity contribution < 1.29 is 14.3 Å². The third-order valence-electron chi connectivity index (χ3n) is 3.16. The summed E-state index contributed by atoms with van der Waals surface area (Å²) < 4.78 is 10.9. The van der Waals surface area contributed by atoms with Gasteiger partial charge in [-0.25, -0.2) is 4.79 Å². The van der Waals surface area contributed by atoms with Gasteiger partial charge in [-0.2, -0.15) is 0 Å². The molecule has 0 aliphatic carbocycles. The smallest absolute Gasteiger partial charge is 0.338 e. The lowest BCUT2D eigenvalue weighted by Gasteiger charge is -2.10. The molecule has 22 heavy (non-hydrogen) atoms. The molecule has 0 radical (unpaired) electrons. The molecule has 0 fully saturated rings. The van der Waals surface area contributed by atoms with Gasteiger partial charge in [-0.15, -0.1) is 0 Å². The van der Waals surface area contributed by atoms with Gasteiger partial charge in [-0.1, -0.05) is 18.2 Å². The van der Waals surface area contributed by atoms with Gasteiger partial charge in [0.25, 0.3) is 0 Å². The number of hydrogen-bond donors (Lipinski definition) is 1. The van der Waals surface area contributed by atoms with Crippen LogP contribution in [0.2, 0.25) is 0 Å². The second-order valence-corrected chi connectivity index (χ2v) is 5.46. The summed E-state index contributed by atoms with van der Waals surface area (Å²) in [7, 11) is 0. The van der Waals surface area contributed by atoms with Crippen molar-refractivity contribution in [2.75, 3.05) is 5.73 Å². The fourth-order valence-corrected chi connectivity index (χ4v) is 1.95. The Morgan fingerprint density at radius 2 is 1.95 bits per heavy atom. The summed E-state index contributed by atoms with van der Waals surface area (Å²) in [5.74, 6) is 0.384. The van der Waals surface area contributed by atoms with Crippen molar-refractivity contribution in [1.82, 2.24) is 0 Å². The largest absolute Gasteiger partial charge is 0.489 e. The normalized spacial score (nSPS) is 10.5. The molecule has 4 heteroatoms. The van der Waals surface area contributed by atoms with Gasteiger partial charge < -0.3 is 15.2 Å². The van der Waals surface area contributed by atoms with Gasteiger partial charge >= 0.3 is 5.97 Å². The van der Waals surface area contributed by atoms with Gasteiger partial charge in [-0.3, -0.25) is 0 Å². The van der Waals surface area contributed by atoms with Gasteiger partial charge in [0.1, 0.15) is 12.4 Å². The van der Waals surface area contributed by atoms with Crippen LogP contribution in [-0.4, -0.2) is 12.1 Å². The van der Waals surface area contributed by atoms with E-state index in [0.717, 1.165) is 11.1 Å². The molecule has 0 saturated heterocycles. The number of esters is 1. The molecule has 0 saturated carbocycles. The summed E-state index contributed by atoms with van der Waals surface area (Å²) in [4.78, 5) is 11.9. The van der Waals surface area contributed by atoms with Crippen LogP contribution in [-0.2, 0) is 11.3 Å². The molecular weight excluding hydrogens is 278 g/mol. The minimum absolute atomic E-state index is 0.136. The van der Waals surface area contributed by atoms with Crippen LogP contribution in [0.1, 0.15) is 35.3 Å². The highest BCUT2D eigenvalue weighted by Gasteiger charge is 2.09. The molecule has 2 rings (SSSR count). The number of hydrogen-bond acceptors (Lipinski definition) is 4. The van der Waals surface area contributed by atoms with Crippen molar-refractivity contribution in [1.29, 1.82) is 0 Å². The van der Waals surface area contributed by atoms with E-state index in [-0.39, 0.29) is 12.1 Å². The van der Waals surface area contributed by atoms with E-state index in [9.17, 15) is 4.79 Å². The number of ether oxygens (including phenoxy) is 2. The first-order valence-corrected chi connectivity index (χ1v) is 7.24. The second-order valence-electron chi connectivity index (χ2n) is 5.46. The first kappa shape index (κ1) is 15.9. The lowest BCUT2D eigenvalue weighted by Crippen LogP contribution is -2.12. The summed E-state index contributed by atoms with van der Waals surface area (Å²) in [5, 5.41) is 0. The zero-order valence-electron chi connectivity index (χ0n) is 13.1. The van der Waals surface area contributed by atoms with Crippen molar-refractivity contribution in [2.45, 2.75) is 33.5 Å². The molecule has 0 aromatic heterocycles. The van der Waals surface area contributed by atoms with Gasteiger partial charge in [0.15, 0.2) is 0 Å². The highest BCUT2D eigenvalue weighted by molar-refractivity contribution is 5.89. The van der Waals surface area contributed by atoms with E-state index < -0.39 is 0 Å². The molecule has 0 unspecified atom stereocenters. The fraction of sp³-hybridized carbons (Fsp3) is 0.278. The average molecular weight is 299 g/mol. The number of rotatable bonds is 5. The van der Waals surface area contributed by atoms with Crippen LogP contribution in [0.25, 0.3) is 0 Å². The molecule has 0 aliphatic heterocycles. The Labute approximate surface area is 130 Å². The van der Waals surface area contributed by atoms with Crippen LogP contribution >= 0.6 is 0 Å². The van der Waals surface area contributed by atoms with Crippen LogP contribution in [0.5, 0.6) is 5.75 Å². The molecule has 0 bridgehead atoms. The number of aryl methyl sites for hydroxylation is 1. The maximum Gasteiger partial charge on any atom is 0.338 e. The maximum atomic E-state index is 11.9. The number of carbonyl (C=O) groups is 1. The van der Waals surface area contributed by atoms with Crippen LogP contribution < -0.4 is 10.5 Å². The zero-order chi connectivity index (χ0) is 16.1. The van der Waals surface area contributed by atoms with E-state index in [1.54, 1.807) is 18.2 Å². The minimum Gasteiger partial charge on any atom is -0.489 e. The molecule has 0 atom stereocenters. The molecule has 4 nitrogen and oxygen atoms in total. The van der Waals surface area contributed by atoms with E-state index in [2.05, 4.69) is 0 Å². The maximum absolute atomic E-state index is 11.9. The molecular formula is C18H21NO3. The van der Waals surface area contributed by atoms with E-state index >= 15 is 0 Å². The topological polar surface area (TPSA) is 61.5 Å². The number of nitrogen functional groups attached to an aromatic ring is 1. The monoisotopic (exact) mass is 299 g/mol. The number of anilines is 1. The van der Waals surface area contributed by atoms with Crippen LogP contribution in [0, 0.1) is 6.92 Å². The lowest BCUT2D eigenvalue weighted by molar-refractivity contribution is 0.0377. The number of benzene rings is 2. The van der Waals surface area contributed by atoms with Crippen molar-refractivity contribution in [3.05, 3.63) is 59.2 Å². The molecule has 0 spiro atoms. The average Bonchev–Trinajstić information content (AvgIpc) is 2.48. The molecule has 0 amide bonds. The Balaban J connectivity index is 2.04. The molecule has 0 aliphatic rings. The number of nitrogens with two attached hydrogens (primary N) is 1. The Hall–Kier alpha value is -2.49. The Morgan fingerprint density at radius 1 is 1.18 bits per heavy atom. The lowest BCUT2D eigenvalue weighted by atomic mass is 10.1. The fourth-order valence-electron chi connectivity index (χ4n) is 1.95. The Kier molecular flexibility index (Phi) is 5.04. The van der Waals surface area contributed by atoms with Crippen molar-refractivity contribution in [3.8, 4) is 5.75 Å². The van der Waals surface area contributed by atoms with Gasteiger partial charge in [0.05, 0.1) is 11.7 Å². The summed E-state index contributed by atoms with van der Waals surface area (Å²) >= 11 is 0. The zero-order valence-corrected chi connectivity index (χ0v) is 13.1. The van der Waals surface area contributed by atoms with Gasteiger partial charge in [0, 0.05) is 11.8 Å². The second kappa shape index (κ2) is 6.98. The van der Waals surface area contributed by atoms with E-state index in [0.29, 0.717) is 23.6 Å². The van der Waals surface area contributed by atoms with Crippen molar-refractivity contribution in [2.24, 2.45) is 0 Å². The van der Waals surface area contributed by atoms with Crippen LogP contribution in [0.15, 0.2) is 42.5 Å². The van der Waals surface area contributed by atoms with Crippen LogP contribution in [0.3, 0.4) is 0 Å². The predicted octanol–water partition coefficient (Wildman–Crippen LogP) is 3.72. The Morgan fingerprint density at radius 3 is 2.64 bits per heavy atom. The van der Waals surface area contributed by atoms with Gasteiger partial charge in [0.2, 0.25) is 0 Å². The molecule has 2 aromatic rings. The summed E-state index contributed by atoms with van der Waals surface area (Å²) in [6.07, 6.45) is -0.136. The van der Waals surface area contributed by atoms with Crippen LogP contribution in [0.4, 0.5) is 5.69 Å². The molecule has 116 valence electrons. The highest BCUT2D eigenvalue weighted by Crippen LogP contribution is 2.20. The quantitative estimate of drug-likeness (QED) is 0.675. The summed E-state index contributed by atoms with van der Waals surface area (Å²) in [6, 6.07) is 12.8. The van der Waals surface area contributed by atoms with E-state index in [4.69, 9.17) is 15.2 Å². The van der Waals surface area contributed by atoms with Crippen molar-refractivity contribution in [3.63, 3.8) is 0 Å². The van der Waals surface area contributed by atoms with Gasteiger partial charge in [-0.05, 0) is 50.1 Å². The van der Waals surface area contributed by atoms with Crippen molar-refractivity contribution >= 4 is 11.7 Å².